The van der Waals surface area contributed by atoms with Gasteiger partial charge in [0.15, 0.2) is 5.16 Å². The number of aromatic nitrogens is 3. The molecule has 1 aliphatic rings. The molecule has 3 aromatic rings. The Bertz CT molecular complexity index is 961. The molecule has 1 aromatic carbocycles. The summed E-state index contributed by atoms with van der Waals surface area (Å²) in [5, 5.41) is 3.90. The van der Waals surface area contributed by atoms with Crippen LogP contribution in [0.3, 0.4) is 0 Å². The number of nitrogens with one attached hydrogen (secondary N) is 1. The molecule has 1 saturated carbocycles. The Balaban J connectivity index is 1.54. The molecule has 1 amide bonds. The molecule has 0 bridgehead atoms. The van der Waals surface area contributed by atoms with Gasteiger partial charge in [0.25, 0.3) is 5.91 Å². The number of fused-ring (bicyclic) bond motifs is 1. The molecule has 6 heteroatoms. The second-order valence-electron chi connectivity index (χ2n) is 7.72. The van der Waals surface area contributed by atoms with Gasteiger partial charge in [0.2, 0.25) is 0 Å². The fourth-order valence-electron chi connectivity index (χ4n) is 3.96. The van der Waals surface area contributed by atoms with Crippen LogP contribution in [-0.4, -0.2) is 32.7 Å². The van der Waals surface area contributed by atoms with Crippen LogP contribution in [0, 0.1) is 5.92 Å². The van der Waals surface area contributed by atoms with E-state index in [2.05, 4.69) is 14.9 Å². The SMILES string of the molecule is CCNC(=O)c1ccc(Cn2c(SCC3CCCCC3)nc3ccncc32)cc1. The van der Waals surface area contributed by atoms with Crippen molar-refractivity contribution in [2.45, 2.75) is 50.7 Å². The van der Waals surface area contributed by atoms with Gasteiger partial charge in [0, 0.05) is 24.1 Å². The first-order chi connectivity index (χ1) is 14.2. The van der Waals surface area contributed by atoms with E-state index in [9.17, 15) is 4.79 Å². The fourth-order valence-corrected chi connectivity index (χ4v) is 5.16. The zero-order chi connectivity index (χ0) is 20.1. The molecule has 1 N–H and O–H groups in total. The van der Waals surface area contributed by atoms with E-state index >= 15 is 0 Å². The third kappa shape index (κ3) is 4.81. The number of hydrogen-bond donors (Lipinski definition) is 1. The lowest BCUT2D eigenvalue weighted by molar-refractivity contribution is 0.0956. The van der Waals surface area contributed by atoms with Gasteiger partial charge in [-0.1, -0.05) is 43.2 Å². The number of rotatable bonds is 7. The summed E-state index contributed by atoms with van der Waals surface area (Å²) >= 11 is 1.87. The molecule has 0 unspecified atom stereocenters. The first-order valence-corrected chi connectivity index (χ1v) is 11.5. The van der Waals surface area contributed by atoms with Crippen LogP contribution in [0.5, 0.6) is 0 Å². The average Bonchev–Trinajstić information content (AvgIpc) is 3.11. The predicted molar refractivity (Wildman–Crippen MR) is 118 cm³/mol. The van der Waals surface area contributed by atoms with Crippen molar-refractivity contribution < 1.29 is 4.79 Å². The van der Waals surface area contributed by atoms with Crippen LogP contribution in [0.4, 0.5) is 0 Å². The van der Waals surface area contributed by atoms with Crippen molar-refractivity contribution in [2.24, 2.45) is 5.92 Å². The second kappa shape index (κ2) is 9.44. The summed E-state index contributed by atoms with van der Waals surface area (Å²) in [7, 11) is 0. The quantitative estimate of drug-likeness (QED) is 0.565. The van der Waals surface area contributed by atoms with Crippen LogP contribution in [0.2, 0.25) is 0 Å². The summed E-state index contributed by atoms with van der Waals surface area (Å²) in [4.78, 5) is 21.2. The molecular weight excluding hydrogens is 380 g/mol. The molecular formula is C23H28N4OS. The van der Waals surface area contributed by atoms with Crippen molar-refractivity contribution in [2.75, 3.05) is 12.3 Å². The molecule has 2 heterocycles. The highest BCUT2D eigenvalue weighted by Crippen LogP contribution is 2.31. The predicted octanol–water partition coefficient (Wildman–Crippen LogP) is 4.90. The lowest BCUT2D eigenvalue weighted by atomic mass is 9.91. The Labute approximate surface area is 176 Å². The second-order valence-corrected chi connectivity index (χ2v) is 8.70. The van der Waals surface area contributed by atoms with E-state index in [1.807, 2.05) is 55.2 Å². The number of imidazole rings is 1. The van der Waals surface area contributed by atoms with E-state index in [1.165, 1.54) is 32.1 Å². The largest absolute Gasteiger partial charge is 0.352 e. The summed E-state index contributed by atoms with van der Waals surface area (Å²) in [6.45, 7) is 3.29. The van der Waals surface area contributed by atoms with Crippen molar-refractivity contribution in [1.82, 2.24) is 19.9 Å². The number of carbonyl (C=O) groups is 1. The van der Waals surface area contributed by atoms with Crippen LogP contribution in [0.1, 0.15) is 54.9 Å². The summed E-state index contributed by atoms with van der Waals surface area (Å²) in [5.41, 5.74) is 3.90. The first-order valence-electron chi connectivity index (χ1n) is 10.5. The molecule has 4 rings (SSSR count). The number of nitrogens with zero attached hydrogens (tertiary/aromatic N) is 3. The zero-order valence-corrected chi connectivity index (χ0v) is 17.8. The normalized spacial score (nSPS) is 14.9. The fraction of sp³-hybridized carbons (Fsp3) is 0.435. The Morgan fingerprint density at radius 2 is 1.97 bits per heavy atom. The van der Waals surface area contributed by atoms with Crippen LogP contribution in [-0.2, 0) is 6.54 Å². The van der Waals surface area contributed by atoms with E-state index in [1.54, 1.807) is 6.20 Å². The molecule has 29 heavy (non-hydrogen) atoms. The van der Waals surface area contributed by atoms with Gasteiger partial charge < -0.3 is 9.88 Å². The van der Waals surface area contributed by atoms with Crippen LogP contribution >= 0.6 is 11.8 Å². The van der Waals surface area contributed by atoms with Crippen molar-refractivity contribution in [3.05, 3.63) is 53.9 Å². The van der Waals surface area contributed by atoms with Crippen molar-refractivity contribution in [3.63, 3.8) is 0 Å². The van der Waals surface area contributed by atoms with Gasteiger partial charge >= 0.3 is 0 Å². The highest BCUT2D eigenvalue weighted by atomic mass is 32.2. The number of amides is 1. The third-order valence-electron chi connectivity index (χ3n) is 5.58. The molecule has 0 atom stereocenters. The van der Waals surface area contributed by atoms with Crippen molar-refractivity contribution in [3.8, 4) is 0 Å². The number of benzene rings is 1. The van der Waals surface area contributed by atoms with E-state index in [0.29, 0.717) is 12.1 Å². The van der Waals surface area contributed by atoms with E-state index in [-0.39, 0.29) is 5.91 Å². The molecule has 152 valence electrons. The summed E-state index contributed by atoms with van der Waals surface area (Å²) in [6.07, 6.45) is 10.5. The Hall–Kier alpha value is -2.34. The molecule has 0 spiro atoms. The minimum absolute atomic E-state index is 0.0277. The van der Waals surface area contributed by atoms with Gasteiger partial charge in [0.1, 0.15) is 0 Å². The number of hydrogen-bond acceptors (Lipinski definition) is 4. The lowest BCUT2D eigenvalue weighted by Gasteiger charge is -2.21. The molecule has 0 aliphatic heterocycles. The van der Waals surface area contributed by atoms with Crippen LogP contribution < -0.4 is 5.32 Å². The minimum atomic E-state index is -0.0277. The zero-order valence-electron chi connectivity index (χ0n) is 16.9. The number of pyridine rings is 1. The summed E-state index contributed by atoms with van der Waals surface area (Å²) in [5.74, 6) is 1.91. The van der Waals surface area contributed by atoms with Crippen molar-refractivity contribution >= 4 is 28.7 Å². The standard InChI is InChI=1S/C23H28N4OS/c1-2-25-22(28)19-10-8-17(9-11-19)15-27-21-14-24-13-12-20(21)26-23(27)29-16-18-6-4-3-5-7-18/h8-14,18H,2-7,15-16H2,1H3,(H,25,28). The lowest BCUT2D eigenvalue weighted by Crippen LogP contribution is -2.22. The Kier molecular flexibility index (Phi) is 6.49. The van der Waals surface area contributed by atoms with E-state index < -0.39 is 0 Å². The number of carbonyl (C=O) groups excluding carboxylic acids is 1. The van der Waals surface area contributed by atoms with E-state index in [0.717, 1.165) is 40.0 Å². The molecule has 1 fully saturated rings. The van der Waals surface area contributed by atoms with Crippen LogP contribution in [0.25, 0.3) is 11.0 Å². The number of thioether (sulfide) groups is 1. The highest BCUT2D eigenvalue weighted by molar-refractivity contribution is 7.99. The van der Waals surface area contributed by atoms with E-state index in [4.69, 9.17) is 4.98 Å². The first kappa shape index (κ1) is 20.0. The molecule has 5 nitrogen and oxygen atoms in total. The monoisotopic (exact) mass is 408 g/mol. The maximum absolute atomic E-state index is 12.0. The van der Waals surface area contributed by atoms with Gasteiger partial charge in [-0.2, -0.15) is 0 Å². The average molecular weight is 409 g/mol. The highest BCUT2D eigenvalue weighted by Gasteiger charge is 2.17. The summed E-state index contributed by atoms with van der Waals surface area (Å²) in [6, 6.07) is 9.83. The topological polar surface area (TPSA) is 59.8 Å². The van der Waals surface area contributed by atoms with Gasteiger partial charge in [0.05, 0.1) is 23.8 Å². The van der Waals surface area contributed by atoms with Gasteiger partial charge in [-0.3, -0.25) is 9.78 Å². The van der Waals surface area contributed by atoms with Gasteiger partial charge in [-0.15, -0.1) is 0 Å². The maximum atomic E-state index is 12.0. The Morgan fingerprint density at radius 1 is 1.17 bits per heavy atom. The van der Waals surface area contributed by atoms with Crippen LogP contribution in [0.15, 0.2) is 47.9 Å². The van der Waals surface area contributed by atoms with Gasteiger partial charge in [-0.05, 0) is 49.4 Å². The van der Waals surface area contributed by atoms with Crippen molar-refractivity contribution in [1.29, 1.82) is 0 Å². The Morgan fingerprint density at radius 3 is 2.72 bits per heavy atom. The maximum Gasteiger partial charge on any atom is 0.251 e. The molecule has 0 radical (unpaired) electrons. The minimum Gasteiger partial charge on any atom is -0.352 e. The summed E-state index contributed by atoms with van der Waals surface area (Å²) < 4.78 is 2.26. The molecule has 0 saturated heterocycles. The third-order valence-corrected chi connectivity index (χ3v) is 6.79. The van der Waals surface area contributed by atoms with Gasteiger partial charge in [-0.25, -0.2) is 4.98 Å². The molecule has 2 aromatic heterocycles. The molecule has 1 aliphatic carbocycles. The smallest absolute Gasteiger partial charge is 0.251 e.